The van der Waals surface area contributed by atoms with Gasteiger partial charge in [0, 0.05) is 47.8 Å². The van der Waals surface area contributed by atoms with E-state index >= 15 is 0 Å². The molecule has 4 aromatic rings. The summed E-state index contributed by atoms with van der Waals surface area (Å²) in [6, 6.07) is 7.17. The normalized spacial score (nSPS) is 11.6. The zero-order valence-electron chi connectivity index (χ0n) is 24.5. The molecule has 0 atom stereocenters. The van der Waals surface area contributed by atoms with E-state index in [1.807, 2.05) is 6.92 Å². The van der Waals surface area contributed by atoms with Crippen LogP contribution in [0.25, 0.3) is 16.9 Å². The van der Waals surface area contributed by atoms with Crippen molar-refractivity contribution in [2.75, 3.05) is 18.4 Å². The van der Waals surface area contributed by atoms with Gasteiger partial charge in [-0.2, -0.15) is 13.2 Å². The number of nitrogens with one attached hydrogen (secondary N) is 2. The quantitative estimate of drug-likeness (QED) is 0.130. The third-order valence-electron chi connectivity index (χ3n) is 6.85. The number of aryl methyl sites for hydroxylation is 1. The molecular formula is C30H32F4N6O4. The summed E-state index contributed by atoms with van der Waals surface area (Å²) in [7, 11) is 0. The third-order valence-corrected chi connectivity index (χ3v) is 6.85. The number of halogens is 4. The molecule has 4 rings (SSSR count). The van der Waals surface area contributed by atoms with Crippen LogP contribution in [0.1, 0.15) is 50.0 Å². The third kappa shape index (κ3) is 7.01. The number of amides is 2. The van der Waals surface area contributed by atoms with E-state index in [1.54, 1.807) is 39.0 Å². The first-order chi connectivity index (χ1) is 20.8. The van der Waals surface area contributed by atoms with Crippen molar-refractivity contribution in [3.05, 3.63) is 71.7 Å². The summed E-state index contributed by atoms with van der Waals surface area (Å²) in [5, 5.41) is 15.4. The van der Waals surface area contributed by atoms with Gasteiger partial charge in [0.15, 0.2) is 23.0 Å². The van der Waals surface area contributed by atoms with Gasteiger partial charge in [-0.15, -0.1) is 0 Å². The maximum Gasteiger partial charge on any atom is 0.407 e. The van der Waals surface area contributed by atoms with E-state index in [2.05, 4.69) is 25.3 Å². The molecule has 0 radical (unpaired) electrons. The Hall–Kier alpha value is -4.88. The number of rotatable bonds is 11. The molecule has 0 aliphatic carbocycles. The van der Waals surface area contributed by atoms with Gasteiger partial charge in [0.25, 0.3) is 5.91 Å². The summed E-state index contributed by atoms with van der Waals surface area (Å²) >= 11 is 0. The number of benzene rings is 2. The summed E-state index contributed by atoms with van der Waals surface area (Å²) in [5.41, 5.74) is 1.46. The van der Waals surface area contributed by atoms with Gasteiger partial charge in [0.05, 0.1) is 11.9 Å². The second-order valence-electron chi connectivity index (χ2n) is 10.8. The molecule has 14 heteroatoms. The lowest BCUT2D eigenvalue weighted by atomic mass is 10.0. The molecular weight excluding hydrogens is 584 g/mol. The monoisotopic (exact) mass is 616 g/mol. The van der Waals surface area contributed by atoms with E-state index < -0.39 is 35.6 Å². The fourth-order valence-corrected chi connectivity index (χ4v) is 4.70. The Morgan fingerprint density at radius 3 is 2.52 bits per heavy atom. The Morgan fingerprint density at radius 1 is 1.11 bits per heavy atom. The fraction of sp³-hybridized carbons (Fsp3) is 0.333. The van der Waals surface area contributed by atoms with Crippen LogP contribution in [0.4, 0.5) is 33.9 Å². The molecule has 0 saturated carbocycles. The van der Waals surface area contributed by atoms with Crippen LogP contribution in [0.5, 0.6) is 5.75 Å². The van der Waals surface area contributed by atoms with Gasteiger partial charge in [-0.1, -0.05) is 6.92 Å². The number of carbonyl (C=O) groups is 2. The van der Waals surface area contributed by atoms with Crippen LogP contribution in [-0.2, 0) is 6.42 Å². The average molecular weight is 617 g/mol. The maximum atomic E-state index is 14.8. The SMILES string of the molecule is CCc1cc(Nc2nccn3c(-c4ccc(OC(F)F)c(F)c4F)cnc23)ccc1C(=O)NCCCN(C(=O)O)C(C)(C)C. The number of alkyl halides is 2. The number of nitrogens with zero attached hydrogens (tertiary/aromatic N) is 4. The van der Waals surface area contributed by atoms with Crippen molar-refractivity contribution in [2.24, 2.45) is 0 Å². The minimum Gasteiger partial charge on any atom is -0.465 e. The van der Waals surface area contributed by atoms with E-state index in [1.165, 1.54) is 27.9 Å². The van der Waals surface area contributed by atoms with Crippen molar-refractivity contribution in [3.8, 4) is 17.0 Å². The van der Waals surface area contributed by atoms with E-state index in [0.29, 0.717) is 36.5 Å². The molecule has 3 N–H and O–H groups in total. The molecule has 2 aromatic heterocycles. The fourth-order valence-electron chi connectivity index (χ4n) is 4.70. The zero-order valence-corrected chi connectivity index (χ0v) is 24.5. The van der Waals surface area contributed by atoms with Gasteiger partial charge in [-0.05, 0) is 69.5 Å². The lowest BCUT2D eigenvalue weighted by molar-refractivity contribution is -0.0525. The molecule has 2 aromatic carbocycles. The number of ether oxygens (including phenoxy) is 1. The highest BCUT2D eigenvalue weighted by Gasteiger charge is 2.25. The summed E-state index contributed by atoms with van der Waals surface area (Å²) < 4.78 is 59.7. The maximum absolute atomic E-state index is 14.8. The molecule has 44 heavy (non-hydrogen) atoms. The summed E-state index contributed by atoms with van der Waals surface area (Å²) in [6.45, 7) is 4.58. The van der Waals surface area contributed by atoms with Gasteiger partial charge in [0.1, 0.15) is 0 Å². The number of aromatic nitrogens is 3. The Bertz CT molecular complexity index is 1670. The predicted molar refractivity (Wildman–Crippen MR) is 156 cm³/mol. The minimum atomic E-state index is -3.31. The second-order valence-corrected chi connectivity index (χ2v) is 10.8. The zero-order chi connectivity index (χ0) is 32.2. The van der Waals surface area contributed by atoms with Crippen LogP contribution >= 0.6 is 0 Å². The molecule has 0 bridgehead atoms. The largest absolute Gasteiger partial charge is 0.465 e. The second kappa shape index (κ2) is 13.2. The molecule has 2 amide bonds. The van der Waals surface area contributed by atoms with E-state index in [4.69, 9.17) is 0 Å². The van der Waals surface area contributed by atoms with Crippen LogP contribution in [0, 0.1) is 11.6 Å². The van der Waals surface area contributed by atoms with Crippen molar-refractivity contribution < 1.29 is 37.0 Å². The van der Waals surface area contributed by atoms with Crippen LogP contribution in [-0.4, -0.2) is 61.6 Å². The van der Waals surface area contributed by atoms with Crippen LogP contribution in [0.2, 0.25) is 0 Å². The molecule has 0 saturated heterocycles. The summed E-state index contributed by atoms with van der Waals surface area (Å²) in [6.07, 6.45) is 4.19. The lowest BCUT2D eigenvalue weighted by Gasteiger charge is -2.33. The van der Waals surface area contributed by atoms with Gasteiger partial charge in [0.2, 0.25) is 5.82 Å². The van der Waals surface area contributed by atoms with E-state index in [0.717, 1.165) is 17.7 Å². The number of imidazole rings is 1. The molecule has 234 valence electrons. The smallest absolute Gasteiger partial charge is 0.407 e. The number of hydrogen-bond acceptors (Lipinski definition) is 6. The van der Waals surface area contributed by atoms with Gasteiger partial charge in [-0.3, -0.25) is 9.20 Å². The first-order valence-electron chi connectivity index (χ1n) is 13.8. The Labute approximate surface area is 250 Å². The molecule has 0 aliphatic heterocycles. The molecule has 0 fully saturated rings. The van der Waals surface area contributed by atoms with E-state index in [-0.39, 0.29) is 29.4 Å². The van der Waals surface area contributed by atoms with Crippen molar-refractivity contribution in [3.63, 3.8) is 0 Å². The number of fused-ring (bicyclic) bond motifs is 1. The summed E-state index contributed by atoms with van der Waals surface area (Å²) in [5.74, 6) is -3.82. The molecule has 0 spiro atoms. The Kier molecular flexibility index (Phi) is 9.60. The highest BCUT2D eigenvalue weighted by molar-refractivity contribution is 5.96. The number of anilines is 2. The van der Waals surface area contributed by atoms with Crippen molar-refractivity contribution in [1.82, 2.24) is 24.6 Å². The van der Waals surface area contributed by atoms with Gasteiger partial charge < -0.3 is 25.4 Å². The molecule has 0 aliphatic rings. The average Bonchev–Trinajstić information content (AvgIpc) is 3.39. The number of carbonyl (C=O) groups excluding carboxylic acids is 1. The molecule has 10 nitrogen and oxygen atoms in total. The number of carboxylic acid groups (broad SMARTS) is 1. The summed E-state index contributed by atoms with van der Waals surface area (Å²) in [4.78, 5) is 34.4. The standard InChI is InChI=1S/C30H32F4N6O4/c1-5-17-15-18(7-8-19(17)27(41)36-11-6-13-40(29(42)43)30(2,3)4)38-25-26-37-16-21(39(26)14-12-35-25)20-9-10-22(44-28(33)34)24(32)23(20)31/h7-10,12,14-16,28H,5-6,11,13H2,1-4H3,(H,35,38)(H,36,41)(H,42,43). The van der Waals surface area contributed by atoms with Crippen LogP contribution in [0.15, 0.2) is 48.9 Å². The van der Waals surface area contributed by atoms with E-state index in [9.17, 15) is 32.3 Å². The molecule has 2 heterocycles. The van der Waals surface area contributed by atoms with Crippen molar-refractivity contribution in [2.45, 2.75) is 52.7 Å². The van der Waals surface area contributed by atoms with Gasteiger partial charge >= 0.3 is 12.7 Å². The van der Waals surface area contributed by atoms with Crippen LogP contribution < -0.4 is 15.4 Å². The number of hydrogen-bond donors (Lipinski definition) is 3. The highest BCUT2D eigenvalue weighted by Crippen LogP contribution is 2.32. The van der Waals surface area contributed by atoms with Gasteiger partial charge in [-0.25, -0.2) is 19.2 Å². The lowest BCUT2D eigenvalue weighted by Crippen LogP contribution is -2.46. The highest BCUT2D eigenvalue weighted by atomic mass is 19.3. The minimum absolute atomic E-state index is 0.153. The Morgan fingerprint density at radius 2 is 1.86 bits per heavy atom. The van der Waals surface area contributed by atoms with Crippen molar-refractivity contribution >= 4 is 29.2 Å². The first kappa shape index (κ1) is 32.0. The molecule has 0 unspecified atom stereocenters. The predicted octanol–water partition coefficient (Wildman–Crippen LogP) is 6.48. The van der Waals surface area contributed by atoms with Crippen molar-refractivity contribution in [1.29, 1.82) is 0 Å². The first-order valence-corrected chi connectivity index (χ1v) is 13.8. The topological polar surface area (TPSA) is 121 Å². The van der Waals surface area contributed by atoms with Crippen LogP contribution in [0.3, 0.4) is 0 Å². The Balaban J connectivity index is 1.50.